The topological polar surface area (TPSA) is 21.1 Å². The minimum absolute atomic E-state index is 0.184. The number of pyridine rings is 1. The number of hydrogen-bond acceptors (Lipinski definition) is 3. The average molecular weight is 492 g/mol. The van der Waals surface area contributed by atoms with Crippen molar-refractivity contribution in [2.24, 2.45) is 0 Å². The van der Waals surface area contributed by atoms with E-state index in [9.17, 15) is 8.78 Å². The Balaban J connectivity index is 1.28. The maximum Gasteiger partial charge on any atom is 0.137 e. The smallest absolute Gasteiger partial charge is 0.137 e. The lowest BCUT2D eigenvalue weighted by Crippen LogP contribution is -2.34. The number of rotatable bonds is 8. The van der Waals surface area contributed by atoms with Gasteiger partial charge in [0.15, 0.2) is 0 Å². The lowest BCUT2D eigenvalue weighted by molar-refractivity contribution is 0.213. The summed E-state index contributed by atoms with van der Waals surface area (Å²) in [4.78, 5) is 8.27. The first-order chi connectivity index (χ1) is 17.1. The quantitative estimate of drug-likeness (QED) is 0.192. The molecule has 0 saturated carbocycles. The van der Waals surface area contributed by atoms with Gasteiger partial charge in [0, 0.05) is 22.2 Å². The maximum absolute atomic E-state index is 14.3. The third kappa shape index (κ3) is 5.29. The predicted octanol–water partition coefficient (Wildman–Crippen LogP) is 7.23. The monoisotopic (exact) mass is 491 g/mol. The van der Waals surface area contributed by atoms with Crippen LogP contribution in [0.4, 0.5) is 8.78 Å². The third-order valence-electron chi connectivity index (χ3n) is 6.98. The largest absolute Gasteiger partial charge is 0.303 e. The lowest BCUT2D eigenvalue weighted by atomic mass is 9.87. The molecule has 1 saturated heterocycles. The van der Waals surface area contributed by atoms with Gasteiger partial charge in [-0.2, -0.15) is 0 Å². The second-order valence-corrected chi connectivity index (χ2v) is 10.3. The molecule has 0 bridgehead atoms. The Kier molecular flexibility index (Phi) is 7.49. The lowest BCUT2D eigenvalue weighted by Gasteiger charge is -2.32. The van der Waals surface area contributed by atoms with Crippen LogP contribution >= 0.6 is 11.8 Å². The van der Waals surface area contributed by atoms with Gasteiger partial charge in [-0.25, -0.2) is 13.8 Å². The zero-order chi connectivity index (χ0) is 24.2. The van der Waals surface area contributed by atoms with E-state index < -0.39 is 0 Å². The van der Waals surface area contributed by atoms with Gasteiger partial charge in [0.05, 0.1) is 5.52 Å². The predicted molar refractivity (Wildman–Crippen MR) is 141 cm³/mol. The first kappa shape index (κ1) is 24.0. The van der Waals surface area contributed by atoms with Crippen molar-refractivity contribution in [3.8, 4) is 5.82 Å². The second-order valence-electron chi connectivity index (χ2n) is 9.17. The number of aromatic nitrogens is 2. The van der Waals surface area contributed by atoms with Crippen LogP contribution in [0.5, 0.6) is 0 Å². The number of fused-ring (bicyclic) bond motifs is 1. The Hall–Kier alpha value is -2.70. The highest BCUT2D eigenvalue weighted by molar-refractivity contribution is 7.99. The summed E-state index contributed by atoms with van der Waals surface area (Å²) in [5.41, 5.74) is 3.54. The minimum Gasteiger partial charge on any atom is -0.303 e. The van der Waals surface area contributed by atoms with E-state index in [2.05, 4.69) is 21.4 Å². The van der Waals surface area contributed by atoms with Crippen LogP contribution in [0.25, 0.3) is 16.7 Å². The highest BCUT2D eigenvalue weighted by Gasteiger charge is 2.27. The SMILES string of the molecule is CCc1c(C2CCN(CCCSc3ccc(F)cc3)CC2)c2ccc(F)cc2n1-c1ccccn1. The minimum atomic E-state index is -0.213. The van der Waals surface area contributed by atoms with Crippen LogP contribution in [0.1, 0.15) is 43.4 Å². The van der Waals surface area contributed by atoms with Crippen LogP contribution in [0, 0.1) is 11.6 Å². The molecule has 0 amide bonds. The number of halogens is 2. The van der Waals surface area contributed by atoms with Gasteiger partial charge in [0.25, 0.3) is 0 Å². The van der Waals surface area contributed by atoms with Crippen molar-refractivity contribution in [3.63, 3.8) is 0 Å². The maximum atomic E-state index is 14.3. The van der Waals surface area contributed by atoms with Crippen molar-refractivity contribution >= 4 is 22.7 Å². The van der Waals surface area contributed by atoms with Gasteiger partial charge in [-0.3, -0.25) is 4.57 Å². The van der Waals surface area contributed by atoms with Crippen LogP contribution in [0.3, 0.4) is 0 Å². The summed E-state index contributed by atoms with van der Waals surface area (Å²) in [5.74, 6) is 1.95. The molecule has 0 N–H and O–H groups in total. The van der Waals surface area contributed by atoms with Gasteiger partial charge >= 0.3 is 0 Å². The van der Waals surface area contributed by atoms with E-state index in [0.29, 0.717) is 5.92 Å². The summed E-state index contributed by atoms with van der Waals surface area (Å²) in [5, 5.41) is 1.16. The van der Waals surface area contributed by atoms with Crippen molar-refractivity contribution in [1.82, 2.24) is 14.5 Å². The number of benzene rings is 2. The molecule has 3 heterocycles. The molecular weight excluding hydrogens is 460 g/mol. The molecule has 5 rings (SSSR count). The van der Waals surface area contributed by atoms with Crippen LogP contribution in [0.15, 0.2) is 71.8 Å². The molecule has 3 nitrogen and oxygen atoms in total. The molecule has 2 aromatic carbocycles. The summed E-state index contributed by atoms with van der Waals surface area (Å²) >= 11 is 1.79. The standard InChI is InChI=1S/C29H31F2N3S/c1-2-26-29(25-12-9-23(31)20-27(25)34(26)28-6-3-4-15-32-28)21-13-17-33(18-14-21)16-5-19-35-24-10-7-22(30)8-11-24/h3-4,6-12,15,20-21H,2,5,13-14,16-19H2,1H3. The van der Waals surface area contributed by atoms with Crippen LogP contribution in [-0.4, -0.2) is 39.8 Å². The molecule has 0 aliphatic carbocycles. The zero-order valence-corrected chi connectivity index (χ0v) is 20.9. The molecule has 1 aliphatic rings. The molecule has 0 atom stereocenters. The van der Waals surface area contributed by atoms with Gasteiger partial charge in [-0.1, -0.05) is 13.0 Å². The molecular formula is C29H31F2N3S. The van der Waals surface area contributed by atoms with E-state index in [1.165, 1.54) is 23.4 Å². The van der Waals surface area contributed by atoms with Crippen molar-refractivity contribution < 1.29 is 8.78 Å². The van der Waals surface area contributed by atoms with Crippen molar-refractivity contribution in [2.75, 3.05) is 25.4 Å². The molecule has 0 spiro atoms. The summed E-state index contributed by atoms with van der Waals surface area (Å²) in [6.07, 6.45) is 6.01. The molecule has 0 unspecified atom stereocenters. The van der Waals surface area contributed by atoms with Crippen LogP contribution in [-0.2, 0) is 6.42 Å². The average Bonchev–Trinajstić information content (AvgIpc) is 3.22. The molecule has 0 radical (unpaired) electrons. The van der Waals surface area contributed by atoms with Gasteiger partial charge in [-0.15, -0.1) is 11.8 Å². The Morgan fingerprint density at radius 2 is 1.74 bits per heavy atom. The number of nitrogens with zero attached hydrogens (tertiary/aromatic N) is 3. The normalized spacial score (nSPS) is 15.2. The zero-order valence-electron chi connectivity index (χ0n) is 20.1. The number of thioether (sulfide) groups is 1. The molecule has 35 heavy (non-hydrogen) atoms. The fourth-order valence-corrected chi connectivity index (χ4v) is 6.18. The number of likely N-dealkylation sites (tertiary alicyclic amines) is 1. The molecule has 2 aromatic heterocycles. The third-order valence-corrected chi connectivity index (χ3v) is 8.08. The Bertz CT molecular complexity index is 1260. The molecule has 182 valence electrons. The van der Waals surface area contributed by atoms with Gasteiger partial charge < -0.3 is 4.90 Å². The Morgan fingerprint density at radius 3 is 2.46 bits per heavy atom. The highest BCUT2D eigenvalue weighted by atomic mass is 32.2. The van der Waals surface area contributed by atoms with E-state index >= 15 is 0 Å². The Morgan fingerprint density at radius 1 is 0.971 bits per heavy atom. The van der Waals surface area contributed by atoms with E-state index in [4.69, 9.17) is 0 Å². The van der Waals surface area contributed by atoms with E-state index in [-0.39, 0.29) is 11.6 Å². The fourth-order valence-electron chi connectivity index (χ4n) is 5.34. The summed E-state index contributed by atoms with van der Waals surface area (Å²) in [6.45, 7) is 5.42. The van der Waals surface area contributed by atoms with Gasteiger partial charge in [-0.05, 0) is 117 Å². The second kappa shape index (κ2) is 10.9. The molecule has 4 aromatic rings. The number of hydrogen-bond donors (Lipinski definition) is 0. The fraction of sp³-hybridized carbons (Fsp3) is 0.345. The summed E-state index contributed by atoms with van der Waals surface area (Å²) < 4.78 is 29.5. The first-order valence-corrected chi connectivity index (χ1v) is 13.5. The molecule has 1 fully saturated rings. The summed E-state index contributed by atoms with van der Waals surface area (Å²) in [6, 6.07) is 17.8. The van der Waals surface area contributed by atoms with Crippen LogP contribution < -0.4 is 0 Å². The van der Waals surface area contributed by atoms with Crippen LogP contribution in [0.2, 0.25) is 0 Å². The molecule has 6 heteroatoms. The summed E-state index contributed by atoms with van der Waals surface area (Å²) in [7, 11) is 0. The van der Waals surface area contributed by atoms with Crippen molar-refractivity contribution in [1.29, 1.82) is 0 Å². The van der Waals surface area contributed by atoms with Crippen molar-refractivity contribution in [3.05, 3.63) is 89.8 Å². The first-order valence-electron chi connectivity index (χ1n) is 12.5. The van der Waals surface area contributed by atoms with Crippen molar-refractivity contribution in [2.45, 2.75) is 43.4 Å². The van der Waals surface area contributed by atoms with E-state index in [1.807, 2.05) is 36.4 Å². The van der Waals surface area contributed by atoms with E-state index in [0.717, 1.165) is 72.7 Å². The number of piperidine rings is 1. The van der Waals surface area contributed by atoms with Gasteiger partial charge in [0.2, 0.25) is 0 Å². The Labute approximate surface area is 210 Å². The molecule has 1 aliphatic heterocycles. The van der Waals surface area contributed by atoms with Gasteiger partial charge in [0.1, 0.15) is 17.5 Å². The highest BCUT2D eigenvalue weighted by Crippen LogP contribution is 2.39. The van der Waals surface area contributed by atoms with E-state index in [1.54, 1.807) is 30.1 Å².